The van der Waals surface area contributed by atoms with Crippen molar-refractivity contribution < 1.29 is 13.2 Å². The van der Waals surface area contributed by atoms with Crippen molar-refractivity contribution in [3.05, 3.63) is 10.6 Å². The molecule has 3 rings (SSSR count). The lowest BCUT2D eigenvalue weighted by Crippen LogP contribution is -2.38. The van der Waals surface area contributed by atoms with Crippen LogP contribution in [0.15, 0.2) is 0 Å². The Bertz CT molecular complexity index is 706. The average Bonchev–Trinajstić information content (AvgIpc) is 2.87. The quantitative estimate of drug-likeness (QED) is 0.880. The van der Waals surface area contributed by atoms with Gasteiger partial charge in [-0.1, -0.05) is 6.92 Å². The standard InChI is InChI=1S/C16H25N3O3S2/c1-11-3-4-13-14(9-11)23-16(17-13)18-15(20)10-12-5-7-19(8-6-12)24(2,21)22/h11-12H,3-10H2,1-2H3,(H,17,18,20)/t11-/m0/s1. The van der Waals surface area contributed by atoms with Crippen molar-refractivity contribution in [1.82, 2.24) is 9.29 Å². The third kappa shape index (κ3) is 4.34. The molecule has 1 N–H and O–H groups in total. The van der Waals surface area contributed by atoms with Crippen molar-refractivity contribution in [2.75, 3.05) is 24.7 Å². The largest absolute Gasteiger partial charge is 0.302 e. The van der Waals surface area contributed by atoms with Crippen molar-refractivity contribution in [1.29, 1.82) is 0 Å². The van der Waals surface area contributed by atoms with E-state index in [1.807, 2.05) is 0 Å². The number of aryl methyl sites for hydroxylation is 1. The SMILES string of the molecule is C[C@H]1CCc2nc(NC(=O)CC3CCN(S(C)(=O)=O)CC3)sc2C1. The third-order valence-corrected chi connectivity index (χ3v) is 7.29. The highest BCUT2D eigenvalue weighted by Crippen LogP contribution is 2.32. The normalized spacial score (nSPS) is 23.0. The van der Waals surface area contributed by atoms with Crippen molar-refractivity contribution in [3.63, 3.8) is 0 Å². The molecule has 1 aliphatic carbocycles. The highest BCUT2D eigenvalue weighted by molar-refractivity contribution is 7.88. The van der Waals surface area contributed by atoms with E-state index in [1.54, 1.807) is 11.3 Å². The molecule has 0 spiro atoms. The zero-order chi connectivity index (χ0) is 17.3. The van der Waals surface area contributed by atoms with Crippen LogP contribution < -0.4 is 5.32 Å². The molecule has 2 aliphatic rings. The van der Waals surface area contributed by atoms with Crippen LogP contribution in [0.25, 0.3) is 0 Å². The van der Waals surface area contributed by atoms with Crippen LogP contribution in [0.5, 0.6) is 0 Å². The number of thiazole rings is 1. The predicted molar refractivity (Wildman–Crippen MR) is 95.7 cm³/mol. The number of hydrogen-bond donors (Lipinski definition) is 1. The minimum Gasteiger partial charge on any atom is -0.302 e. The first kappa shape index (κ1) is 17.8. The summed E-state index contributed by atoms with van der Waals surface area (Å²) in [6.07, 6.45) is 6.41. The van der Waals surface area contributed by atoms with Gasteiger partial charge in [-0.15, -0.1) is 11.3 Å². The molecule has 134 valence electrons. The first-order valence-electron chi connectivity index (χ1n) is 8.55. The van der Waals surface area contributed by atoms with Crippen LogP contribution in [-0.2, 0) is 27.7 Å². The molecule has 0 bridgehead atoms. The Labute approximate surface area is 147 Å². The van der Waals surface area contributed by atoms with Crippen LogP contribution in [-0.4, -0.2) is 43.0 Å². The van der Waals surface area contributed by atoms with Gasteiger partial charge < -0.3 is 5.32 Å². The fraction of sp³-hybridized carbons (Fsp3) is 0.750. The Morgan fingerprint density at radius 2 is 2.04 bits per heavy atom. The molecular weight excluding hydrogens is 346 g/mol. The van der Waals surface area contributed by atoms with Crippen LogP contribution in [0.1, 0.15) is 43.2 Å². The van der Waals surface area contributed by atoms with E-state index in [-0.39, 0.29) is 11.8 Å². The van der Waals surface area contributed by atoms with Crippen molar-refractivity contribution >= 4 is 32.4 Å². The highest BCUT2D eigenvalue weighted by atomic mass is 32.2. The molecule has 1 atom stereocenters. The summed E-state index contributed by atoms with van der Waals surface area (Å²) in [6, 6.07) is 0. The van der Waals surface area contributed by atoms with Crippen LogP contribution in [0.3, 0.4) is 0 Å². The number of carbonyl (C=O) groups excluding carboxylic acids is 1. The molecule has 24 heavy (non-hydrogen) atoms. The van der Waals surface area contributed by atoms with E-state index in [0.29, 0.717) is 30.6 Å². The molecule has 1 aromatic heterocycles. The molecule has 0 unspecified atom stereocenters. The molecule has 0 aromatic carbocycles. The van der Waals surface area contributed by atoms with Gasteiger partial charge in [-0.25, -0.2) is 17.7 Å². The minimum absolute atomic E-state index is 0.00745. The van der Waals surface area contributed by atoms with Gasteiger partial charge in [0.25, 0.3) is 0 Å². The molecule has 8 heteroatoms. The number of nitrogens with zero attached hydrogens (tertiary/aromatic N) is 2. The van der Waals surface area contributed by atoms with Crippen molar-refractivity contribution in [2.24, 2.45) is 11.8 Å². The molecule has 1 aromatic rings. The van der Waals surface area contributed by atoms with Gasteiger partial charge in [-0.2, -0.15) is 0 Å². The number of aromatic nitrogens is 1. The Balaban J connectivity index is 1.50. The first-order chi connectivity index (χ1) is 11.3. The number of nitrogens with one attached hydrogen (secondary N) is 1. The molecule has 1 fully saturated rings. The van der Waals surface area contributed by atoms with Gasteiger partial charge in [0.1, 0.15) is 0 Å². The second-order valence-corrected chi connectivity index (χ2v) is 10.2. The van der Waals surface area contributed by atoms with E-state index in [2.05, 4.69) is 17.2 Å². The number of piperidine rings is 1. The fourth-order valence-corrected chi connectivity index (χ4v) is 5.53. The summed E-state index contributed by atoms with van der Waals surface area (Å²) in [5.41, 5.74) is 1.15. The van der Waals surface area contributed by atoms with E-state index >= 15 is 0 Å². The summed E-state index contributed by atoms with van der Waals surface area (Å²) in [5.74, 6) is 0.936. The fourth-order valence-electron chi connectivity index (χ4n) is 3.47. The van der Waals surface area contributed by atoms with Gasteiger partial charge >= 0.3 is 0 Å². The lowest BCUT2D eigenvalue weighted by Gasteiger charge is -2.29. The number of sulfonamides is 1. The van der Waals surface area contributed by atoms with Crippen molar-refractivity contribution in [2.45, 2.75) is 45.4 Å². The molecular formula is C16H25N3O3S2. The van der Waals surface area contributed by atoms with Gasteiger partial charge in [0.15, 0.2) is 5.13 Å². The predicted octanol–water partition coefficient (Wildman–Crippen LogP) is 2.27. The lowest BCUT2D eigenvalue weighted by atomic mass is 9.93. The third-order valence-electron chi connectivity index (χ3n) is 4.95. The molecule has 1 aliphatic heterocycles. The second-order valence-electron chi connectivity index (χ2n) is 7.09. The zero-order valence-corrected chi connectivity index (χ0v) is 15.9. The summed E-state index contributed by atoms with van der Waals surface area (Å²) >= 11 is 1.60. The van der Waals surface area contributed by atoms with E-state index in [1.165, 1.54) is 21.9 Å². The molecule has 1 saturated heterocycles. The number of amides is 1. The lowest BCUT2D eigenvalue weighted by molar-refractivity contribution is -0.117. The summed E-state index contributed by atoms with van der Waals surface area (Å²) in [4.78, 5) is 18.1. The Kier molecular flexibility index (Phi) is 5.27. The topological polar surface area (TPSA) is 79.4 Å². The smallest absolute Gasteiger partial charge is 0.226 e. The Hall–Kier alpha value is -0.990. The maximum atomic E-state index is 12.3. The number of fused-ring (bicyclic) bond motifs is 1. The maximum absolute atomic E-state index is 12.3. The van der Waals surface area contributed by atoms with Crippen LogP contribution in [0.4, 0.5) is 5.13 Å². The van der Waals surface area contributed by atoms with Gasteiger partial charge in [0, 0.05) is 24.4 Å². The summed E-state index contributed by atoms with van der Waals surface area (Å²) in [5, 5.41) is 3.65. The highest BCUT2D eigenvalue weighted by Gasteiger charge is 2.27. The number of carbonyl (C=O) groups is 1. The molecule has 0 saturated carbocycles. The van der Waals surface area contributed by atoms with Gasteiger partial charge in [0.2, 0.25) is 15.9 Å². The summed E-state index contributed by atoms with van der Waals surface area (Å²) < 4.78 is 24.5. The Morgan fingerprint density at radius 3 is 2.71 bits per heavy atom. The molecule has 0 radical (unpaired) electrons. The van der Waals surface area contributed by atoms with E-state index in [9.17, 15) is 13.2 Å². The van der Waals surface area contributed by atoms with Gasteiger partial charge in [-0.3, -0.25) is 4.79 Å². The molecule has 2 heterocycles. The summed E-state index contributed by atoms with van der Waals surface area (Å²) in [7, 11) is -3.11. The van der Waals surface area contributed by atoms with Crippen LogP contribution in [0.2, 0.25) is 0 Å². The van der Waals surface area contributed by atoms with Crippen LogP contribution >= 0.6 is 11.3 Å². The van der Waals surface area contributed by atoms with E-state index in [4.69, 9.17) is 0 Å². The van der Waals surface area contributed by atoms with E-state index < -0.39 is 10.0 Å². The van der Waals surface area contributed by atoms with Crippen molar-refractivity contribution in [3.8, 4) is 0 Å². The number of anilines is 1. The molecule has 6 nitrogen and oxygen atoms in total. The maximum Gasteiger partial charge on any atom is 0.226 e. The monoisotopic (exact) mass is 371 g/mol. The minimum atomic E-state index is -3.11. The van der Waals surface area contributed by atoms with Crippen LogP contribution in [0, 0.1) is 11.8 Å². The van der Waals surface area contributed by atoms with E-state index in [0.717, 1.165) is 31.4 Å². The first-order valence-corrected chi connectivity index (χ1v) is 11.2. The molecule has 1 amide bonds. The zero-order valence-electron chi connectivity index (χ0n) is 14.2. The number of hydrogen-bond acceptors (Lipinski definition) is 5. The number of rotatable bonds is 4. The van der Waals surface area contributed by atoms with Gasteiger partial charge in [0.05, 0.1) is 11.9 Å². The Morgan fingerprint density at radius 1 is 1.33 bits per heavy atom. The summed E-state index contributed by atoms with van der Waals surface area (Å²) in [6.45, 7) is 3.28. The second kappa shape index (κ2) is 7.09. The van der Waals surface area contributed by atoms with Gasteiger partial charge in [-0.05, 0) is 43.9 Å². The average molecular weight is 372 g/mol.